The number of carbonyl (C=O) groups is 1. The Balaban J connectivity index is 1.74. The minimum absolute atomic E-state index is 0.0129. The molecule has 0 spiro atoms. The van der Waals surface area contributed by atoms with Crippen LogP contribution in [0.3, 0.4) is 0 Å². The molecule has 0 bridgehead atoms. The molecule has 0 aliphatic heterocycles. The number of sulfonamides is 1. The van der Waals surface area contributed by atoms with Crippen molar-refractivity contribution >= 4 is 33.5 Å². The number of nitrogen functional groups attached to an aromatic ring is 1. The first-order valence-electron chi connectivity index (χ1n) is 9.00. The maximum absolute atomic E-state index is 13.6. The van der Waals surface area contributed by atoms with E-state index in [1.807, 2.05) is 0 Å². The van der Waals surface area contributed by atoms with Crippen molar-refractivity contribution in [2.75, 3.05) is 5.32 Å². The molecule has 3 aromatic carbocycles. The summed E-state index contributed by atoms with van der Waals surface area (Å²) in [5, 5.41) is 15.3. The predicted molar refractivity (Wildman–Crippen MR) is 118 cm³/mol. The molecule has 0 unspecified atom stereocenters. The van der Waals surface area contributed by atoms with Crippen LogP contribution in [-0.2, 0) is 14.8 Å². The Labute approximate surface area is 178 Å². The first-order valence-corrected chi connectivity index (χ1v) is 10.5. The van der Waals surface area contributed by atoms with Crippen molar-refractivity contribution in [1.82, 2.24) is 0 Å². The third-order valence-electron chi connectivity index (χ3n) is 4.36. The van der Waals surface area contributed by atoms with Gasteiger partial charge in [0.1, 0.15) is 11.7 Å². The lowest BCUT2D eigenvalue weighted by Crippen LogP contribution is -2.13. The quantitative estimate of drug-likeness (QED) is 0.267. The van der Waals surface area contributed by atoms with Gasteiger partial charge in [-0.15, -0.1) is 0 Å². The van der Waals surface area contributed by atoms with Gasteiger partial charge in [-0.3, -0.25) is 10.2 Å². The number of carbonyl (C=O) groups excluding carboxylic acids is 1. The van der Waals surface area contributed by atoms with E-state index in [1.165, 1.54) is 36.4 Å². The van der Waals surface area contributed by atoms with Crippen molar-refractivity contribution < 1.29 is 17.6 Å². The summed E-state index contributed by atoms with van der Waals surface area (Å²) in [6.45, 7) is 0. The molecule has 0 saturated carbocycles. The van der Waals surface area contributed by atoms with Gasteiger partial charge in [-0.1, -0.05) is 36.4 Å². The van der Waals surface area contributed by atoms with E-state index in [9.17, 15) is 17.6 Å². The molecule has 0 radical (unpaired) electrons. The van der Waals surface area contributed by atoms with E-state index >= 15 is 0 Å². The highest BCUT2D eigenvalue weighted by Crippen LogP contribution is 2.27. The summed E-state index contributed by atoms with van der Waals surface area (Å²) in [5.74, 6) is -1.44. The van der Waals surface area contributed by atoms with Crippen LogP contribution in [-0.4, -0.2) is 20.2 Å². The van der Waals surface area contributed by atoms with E-state index in [0.29, 0.717) is 22.4 Å². The summed E-state index contributed by atoms with van der Waals surface area (Å²) in [6, 6.07) is 17.0. The summed E-state index contributed by atoms with van der Waals surface area (Å²) in [6.07, 6.45) is 2.74. The van der Waals surface area contributed by atoms with Gasteiger partial charge in [0, 0.05) is 17.3 Å². The smallest absolute Gasteiger partial charge is 0.248 e. The number of hydrogen-bond donors (Lipinski definition) is 4. The molecule has 9 heteroatoms. The van der Waals surface area contributed by atoms with Gasteiger partial charge in [0.15, 0.2) is 0 Å². The largest absolute Gasteiger partial charge is 0.384 e. The molecule has 0 aromatic heterocycles. The number of nitrogens with one attached hydrogen (secondary N) is 2. The number of primary sulfonamides is 1. The average molecular weight is 438 g/mol. The molecule has 7 nitrogen and oxygen atoms in total. The number of nitrogens with two attached hydrogens (primary N) is 2. The molecule has 0 saturated heterocycles. The monoisotopic (exact) mass is 438 g/mol. The van der Waals surface area contributed by atoms with Crippen LogP contribution in [0.25, 0.3) is 17.2 Å². The Hall–Kier alpha value is -3.82. The van der Waals surface area contributed by atoms with Gasteiger partial charge in [-0.25, -0.2) is 17.9 Å². The van der Waals surface area contributed by atoms with Crippen molar-refractivity contribution in [3.8, 4) is 11.1 Å². The van der Waals surface area contributed by atoms with Crippen LogP contribution in [0, 0.1) is 11.2 Å². The van der Waals surface area contributed by atoms with Crippen LogP contribution >= 0.6 is 0 Å². The standard InChI is InChI=1S/C22H19FN4O3S/c23-19-11-5-14(13-18(19)22(24)25)6-12-21(28)27-16-9-7-15(8-10-16)17-3-1-2-4-20(17)31(26,29)30/h1-13H,(H3,24,25)(H,27,28)(H2,26,29,30)/b12-6-. The molecule has 0 atom stereocenters. The molecule has 31 heavy (non-hydrogen) atoms. The molecule has 0 fully saturated rings. The van der Waals surface area contributed by atoms with E-state index in [4.69, 9.17) is 16.3 Å². The molecule has 1 amide bonds. The Bertz CT molecular complexity index is 1290. The van der Waals surface area contributed by atoms with Crippen LogP contribution in [0.2, 0.25) is 0 Å². The molecule has 3 rings (SSSR count). The maximum Gasteiger partial charge on any atom is 0.248 e. The number of amides is 1. The highest BCUT2D eigenvalue weighted by atomic mass is 32.2. The molecular weight excluding hydrogens is 419 g/mol. The molecule has 0 aliphatic carbocycles. The zero-order chi connectivity index (χ0) is 22.6. The third kappa shape index (κ3) is 5.41. The Kier molecular flexibility index (Phi) is 6.28. The third-order valence-corrected chi connectivity index (χ3v) is 5.33. The average Bonchev–Trinajstić information content (AvgIpc) is 2.73. The van der Waals surface area contributed by atoms with E-state index < -0.39 is 27.6 Å². The predicted octanol–water partition coefficient (Wildman–Crippen LogP) is 3.08. The second-order valence-electron chi connectivity index (χ2n) is 6.59. The molecular formula is C22H19FN4O3S. The number of hydrogen-bond acceptors (Lipinski definition) is 4. The normalized spacial score (nSPS) is 11.4. The molecule has 0 aliphatic rings. The fourth-order valence-corrected chi connectivity index (χ4v) is 3.66. The zero-order valence-corrected chi connectivity index (χ0v) is 17.0. The Morgan fingerprint density at radius 3 is 2.35 bits per heavy atom. The van der Waals surface area contributed by atoms with Crippen molar-refractivity contribution in [2.24, 2.45) is 10.9 Å². The Morgan fingerprint density at radius 2 is 1.71 bits per heavy atom. The molecule has 158 valence electrons. The van der Waals surface area contributed by atoms with E-state index in [1.54, 1.807) is 42.5 Å². The van der Waals surface area contributed by atoms with E-state index in [0.717, 1.165) is 0 Å². The van der Waals surface area contributed by atoms with Crippen LogP contribution < -0.4 is 16.2 Å². The van der Waals surface area contributed by atoms with Crippen molar-refractivity contribution in [3.63, 3.8) is 0 Å². The fraction of sp³-hybridized carbons (Fsp3) is 0. The topological polar surface area (TPSA) is 139 Å². The van der Waals surface area contributed by atoms with Gasteiger partial charge >= 0.3 is 0 Å². The summed E-state index contributed by atoms with van der Waals surface area (Å²) in [4.78, 5) is 12.2. The minimum Gasteiger partial charge on any atom is -0.384 e. The number of anilines is 1. The molecule has 3 aromatic rings. The summed E-state index contributed by atoms with van der Waals surface area (Å²) in [7, 11) is -3.88. The SMILES string of the molecule is N=C(N)c1cc(/C=C\C(=O)Nc2ccc(-c3ccccc3S(N)(=O)=O)cc2)ccc1F. The van der Waals surface area contributed by atoms with Gasteiger partial charge in [0.05, 0.1) is 10.5 Å². The fourth-order valence-electron chi connectivity index (χ4n) is 2.90. The second kappa shape index (κ2) is 8.90. The van der Waals surface area contributed by atoms with Crippen molar-refractivity contribution in [1.29, 1.82) is 5.41 Å². The van der Waals surface area contributed by atoms with Gasteiger partial charge in [-0.05, 0) is 47.5 Å². The first kappa shape index (κ1) is 21.9. The first-order chi connectivity index (χ1) is 14.6. The number of rotatable bonds is 6. The van der Waals surface area contributed by atoms with Crippen molar-refractivity contribution in [2.45, 2.75) is 4.90 Å². The lowest BCUT2D eigenvalue weighted by atomic mass is 10.1. The Morgan fingerprint density at radius 1 is 1.03 bits per heavy atom. The summed E-state index contributed by atoms with van der Waals surface area (Å²) < 4.78 is 37.1. The van der Waals surface area contributed by atoms with Gasteiger partial charge in [0.2, 0.25) is 15.9 Å². The molecule has 0 heterocycles. The number of benzene rings is 3. The lowest BCUT2D eigenvalue weighted by Gasteiger charge is -2.09. The number of amidine groups is 1. The summed E-state index contributed by atoms with van der Waals surface area (Å²) in [5.41, 5.74) is 7.38. The van der Waals surface area contributed by atoms with Gasteiger partial charge < -0.3 is 11.1 Å². The van der Waals surface area contributed by atoms with Crippen LogP contribution in [0.15, 0.2) is 77.7 Å². The van der Waals surface area contributed by atoms with Gasteiger partial charge in [0.25, 0.3) is 0 Å². The summed E-state index contributed by atoms with van der Waals surface area (Å²) >= 11 is 0. The van der Waals surface area contributed by atoms with Crippen LogP contribution in [0.1, 0.15) is 11.1 Å². The zero-order valence-electron chi connectivity index (χ0n) is 16.2. The molecule has 6 N–H and O–H groups in total. The maximum atomic E-state index is 13.6. The van der Waals surface area contributed by atoms with Crippen LogP contribution in [0.5, 0.6) is 0 Å². The van der Waals surface area contributed by atoms with Gasteiger partial charge in [-0.2, -0.15) is 0 Å². The highest BCUT2D eigenvalue weighted by Gasteiger charge is 2.14. The highest BCUT2D eigenvalue weighted by molar-refractivity contribution is 7.89. The van der Waals surface area contributed by atoms with Crippen molar-refractivity contribution in [3.05, 3.63) is 89.8 Å². The minimum atomic E-state index is -3.88. The van der Waals surface area contributed by atoms with Crippen LogP contribution in [0.4, 0.5) is 10.1 Å². The van der Waals surface area contributed by atoms with E-state index in [2.05, 4.69) is 5.32 Å². The van der Waals surface area contributed by atoms with E-state index in [-0.39, 0.29) is 10.5 Å². The second-order valence-corrected chi connectivity index (χ2v) is 8.12. The lowest BCUT2D eigenvalue weighted by molar-refractivity contribution is -0.111. The number of halogens is 1.